The van der Waals surface area contributed by atoms with E-state index in [2.05, 4.69) is 108 Å². The average molecular weight is 623 g/mol. The van der Waals surface area contributed by atoms with Crippen LogP contribution in [-0.4, -0.2) is 76.9 Å². The van der Waals surface area contributed by atoms with Crippen molar-refractivity contribution >= 4 is 23.5 Å². The van der Waals surface area contributed by atoms with Gasteiger partial charge in [0.25, 0.3) is 5.69 Å². The van der Waals surface area contributed by atoms with Gasteiger partial charge in [-0.15, -0.1) is 11.8 Å². The van der Waals surface area contributed by atoms with E-state index in [1.54, 1.807) is 12.1 Å². The molecule has 0 aliphatic carbocycles. The first kappa shape index (κ1) is 30.8. The van der Waals surface area contributed by atoms with Crippen molar-refractivity contribution in [1.29, 1.82) is 0 Å². The number of nitro benzene ring substituents is 1. The highest BCUT2D eigenvalue weighted by Gasteiger charge is 2.46. The Kier molecular flexibility index (Phi) is 9.49. The molecule has 2 saturated heterocycles. The molecule has 0 aromatic heterocycles. The number of likely N-dealkylation sites (N-methyl/N-ethyl adjacent to an activating group) is 1. The summed E-state index contributed by atoms with van der Waals surface area (Å²) in [6.07, 6.45) is 0.376. The molecule has 9 heteroatoms. The Morgan fingerprint density at radius 1 is 0.822 bits per heavy atom. The number of amides is 1. The molecule has 0 radical (unpaired) electrons. The van der Waals surface area contributed by atoms with Crippen molar-refractivity contribution in [1.82, 2.24) is 14.7 Å². The standard InChI is InChI=1S/C36H38N4O4S/c1-37-21-23-38(24-22-37)34-25-33(26-39(34)35(41)44-27-28-17-19-32(20-18-28)40(42)43)45-36(29-11-5-2-6-12-29,30-13-7-3-8-14-30)31-15-9-4-10-16-31/h2-20,33-34H,21-27H2,1H3/t33-,34-/m0/s1. The minimum absolute atomic E-state index is 0.0124. The topological polar surface area (TPSA) is 79.2 Å². The van der Waals surface area contributed by atoms with Crippen molar-refractivity contribution in [2.75, 3.05) is 39.8 Å². The van der Waals surface area contributed by atoms with E-state index in [0.29, 0.717) is 12.1 Å². The largest absolute Gasteiger partial charge is 0.445 e. The molecule has 2 aliphatic rings. The first-order chi connectivity index (χ1) is 21.9. The molecule has 8 nitrogen and oxygen atoms in total. The predicted molar refractivity (Wildman–Crippen MR) is 178 cm³/mol. The Balaban J connectivity index is 1.31. The van der Waals surface area contributed by atoms with Crippen LogP contribution in [-0.2, 0) is 16.1 Å². The molecule has 0 saturated carbocycles. The van der Waals surface area contributed by atoms with Gasteiger partial charge in [-0.3, -0.25) is 19.9 Å². The van der Waals surface area contributed by atoms with Crippen LogP contribution in [0.15, 0.2) is 115 Å². The van der Waals surface area contributed by atoms with Crippen LogP contribution in [0.25, 0.3) is 0 Å². The fraction of sp³-hybridized carbons (Fsp3) is 0.306. The summed E-state index contributed by atoms with van der Waals surface area (Å²) in [5, 5.41) is 11.2. The zero-order valence-electron chi connectivity index (χ0n) is 25.4. The van der Waals surface area contributed by atoms with Crippen molar-refractivity contribution in [2.24, 2.45) is 0 Å². The van der Waals surface area contributed by atoms with Gasteiger partial charge < -0.3 is 9.64 Å². The zero-order valence-corrected chi connectivity index (χ0v) is 26.2. The molecule has 232 valence electrons. The van der Waals surface area contributed by atoms with Crippen LogP contribution in [0.4, 0.5) is 10.5 Å². The Morgan fingerprint density at radius 3 is 1.82 bits per heavy atom. The van der Waals surface area contributed by atoms with E-state index >= 15 is 0 Å². The second-order valence-corrected chi connectivity index (χ2v) is 13.2. The summed E-state index contributed by atoms with van der Waals surface area (Å²) in [5.41, 5.74) is 4.32. The van der Waals surface area contributed by atoms with Gasteiger partial charge in [0.1, 0.15) is 6.61 Å². The van der Waals surface area contributed by atoms with Gasteiger partial charge in [-0.25, -0.2) is 4.79 Å². The normalized spacial score (nSPS) is 19.4. The molecule has 2 aliphatic heterocycles. The summed E-state index contributed by atoms with van der Waals surface area (Å²) >= 11 is 1.92. The number of hydrogen-bond donors (Lipinski definition) is 0. The van der Waals surface area contributed by atoms with Crippen LogP contribution in [0.2, 0.25) is 0 Å². The number of non-ortho nitro benzene ring substituents is 1. The number of carbonyl (C=O) groups excluding carboxylic acids is 1. The second-order valence-electron chi connectivity index (χ2n) is 11.7. The van der Waals surface area contributed by atoms with Gasteiger partial charge in [-0.05, 0) is 47.9 Å². The molecule has 1 amide bonds. The maximum Gasteiger partial charge on any atom is 0.411 e. The van der Waals surface area contributed by atoms with Crippen molar-refractivity contribution < 1.29 is 14.5 Å². The van der Waals surface area contributed by atoms with Gasteiger partial charge in [-0.2, -0.15) is 0 Å². The molecule has 4 aromatic carbocycles. The summed E-state index contributed by atoms with van der Waals surface area (Å²) < 4.78 is 5.37. The lowest BCUT2D eigenvalue weighted by Gasteiger charge is -2.39. The lowest BCUT2D eigenvalue weighted by molar-refractivity contribution is -0.384. The minimum atomic E-state index is -0.486. The van der Waals surface area contributed by atoms with Crippen LogP contribution in [0.3, 0.4) is 0 Å². The molecule has 0 N–H and O–H groups in total. The smallest absolute Gasteiger partial charge is 0.411 e. The summed E-state index contributed by atoms with van der Waals surface area (Å²) in [4.78, 5) is 31.1. The van der Waals surface area contributed by atoms with E-state index < -0.39 is 9.67 Å². The monoisotopic (exact) mass is 622 g/mol. The van der Waals surface area contributed by atoms with Gasteiger partial charge in [0.2, 0.25) is 0 Å². The maximum atomic E-state index is 13.8. The minimum Gasteiger partial charge on any atom is -0.445 e. The van der Waals surface area contributed by atoms with E-state index in [0.717, 1.165) is 32.6 Å². The number of carbonyl (C=O) groups is 1. The molecule has 0 unspecified atom stereocenters. The number of nitro groups is 1. The van der Waals surface area contributed by atoms with Gasteiger partial charge >= 0.3 is 6.09 Å². The van der Waals surface area contributed by atoms with Gasteiger partial charge in [0.05, 0.1) is 15.8 Å². The Morgan fingerprint density at radius 2 is 1.33 bits per heavy atom. The third kappa shape index (κ3) is 6.76. The zero-order chi connectivity index (χ0) is 31.2. The SMILES string of the molecule is CN1CCN([C@@H]2C[C@H](SC(c3ccccc3)(c3ccccc3)c3ccccc3)CN2C(=O)OCc2ccc([N+](=O)[O-])cc2)CC1. The summed E-state index contributed by atoms with van der Waals surface area (Å²) in [6, 6.07) is 38.1. The van der Waals surface area contributed by atoms with Crippen LogP contribution >= 0.6 is 11.8 Å². The Hall–Kier alpha value is -4.18. The highest BCUT2D eigenvalue weighted by Crippen LogP contribution is 2.52. The summed E-state index contributed by atoms with van der Waals surface area (Å²) in [5.74, 6) is 0. The van der Waals surface area contributed by atoms with Crippen molar-refractivity contribution in [3.05, 3.63) is 148 Å². The molecular weight excluding hydrogens is 584 g/mol. The van der Waals surface area contributed by atoms with Crippen molar-refractivity contribution in [2.45, 2.75) is 29.2 Å². The van der Waals surface area contributed by atoms with Crippen LogP contribution in [0.5, 0.6) is 0 Å². The van der Waals surface area contributed by atoms with E-state index in [1.165, 1.54) is 28.8 Å². The fourth-order valence-corrected chi connectivity index (χ4v) is 8.26. The summed E-state index contributed by atoms with van der Waals surface area (Å²) in [6.45, 7) is 4.26. The highest BCUT2D eigenvalue weighted by atomic mass is 32.2. The van der Waals surface area contributed by atoms with Crippen LogP contribution in [0.1, 0.15) is 28.7 Å². The first-order valence-corrected chi connectivity index (χ1v) is 16.3. The van der Waals surface area contributed by atoms with Crippen LogP contribution < -0.4 is 0 Å². The fourth-order valence-electron chi connectivity index (χ4n) is 6.44. The molecule has 6 rings (SSSR count). The average Bonchev–Trinajstić information content (AvgIpc) is 3.51. The summed E-state index contributed by atoms with van der Waals surface area (Å²) in [7, 11) is 2.13. The predicted octanol–water partition coefficient (Wildman–Crippen LogP) is 6.60. The molecule has 2 heterocycles. The highest BCUT2D eigenvalue weighted by molar-refractivity contribution is 8.01. The van der Waals surface area contributed by atoms with Gasteiger partial charge in [-0.1, -0.05) is 91.0 Å². The molecule has 0 spiro atoms. The number of benzene rings is 4. The number of hydrogen-bond acceptors (Lipinski definition) is 7. The molecular formula is C36H38N4O4S. The van der Waals surface area contributed by atoms with E-state index in [4.69, 9.17) is 4.74 Å². The first-order valence-electron chi connectivity index (χ1n) is 15.4. The molecule has 45 heavy (non-hydrogen) atoms. The third-order valence-corrected chi connectivity index (χ3v) is 10.6. The van der Waals surface area contributed by atoms with Gasteiger partial charge in [0.15, 0.2) is 0 Å². The number of ether oxygens (including phenoxy) is 1. The number of likely N-dealkylation sites (tertiary alicyclic amines) is 1. The Labute approximate surface area is 268 Å². The lowest BCUT2D eigenvalue weighted by atomic mass is 9.84. The number of thioether (sulfide) groups is 1. The number of rotatable bonds is 9. The maximum absolute atomic E-state index is 13.8. The van der Waals surface area contributed by atoms with Crippen molar-refractivity contribution in [3.63, 3.8) is 0 Å². The van der Waals surface area contributed by atoms with Gasteiger partial charge in [0, 0.05) is 50.1 Å². The second kappa shape index (κ2) is 13.9. The van der Waals surface area contributed by atoms with E-state index in [9.17, 15) is 14.9 Å². The van der Waals surface area contributed by atoms with Crippen LogP contribution in [0, 0.1) is 10.1 Å². The third-order valence-electron chi connectivity index (χ3n) is 8.82. The molecule has 0 bridgehead atoms. The molecule has 4 aromatic rings. The quantitative estimate of drug-likeness (QED) is 0.118. The number of piperazine rings is 1. The van der Waals surface area contributed by atoms with Crippen molar-refractivity contribution in [3.8, 4) is 0 Å². The van der Waals surface area contributed by atoms with E-state index in [-0.39, 0.29) is 29.8 Å². The van der Waals surface area contributed by atoms with E-state index in [1.807, 2.05) is 16.7 Å². The lowest BCUT2D eigenvalue weighted by Crippen LogP contribution is -2.54. The Bertz CT molecular complexity index is 1470. The molecule has 2 fully saturated rings. The number of nitrogens with zero attached hydrogens (tertiary/aromatic N) is 4. The molecule has 2 atom stereocenters.